The lowest BCUT2D eigenvalue weighted by atomic mass is 9.75. The predicted molar refractivity (Wildman–Crippen MR) is 184 cm³/mol. The zero-order chi connectivity index (χ0) is 32.2. The van der Waals surface area contributed by atoms with E-state index in [4.69, 9.17) is 9.47 Å². The van der Waals surface area contributed by atoms with Crippen molar-refractivity contribution in [1.29, 1.82) is 0 Å². The molecule has 42 heavy (non-hydrogen) atoms. The summed E-state index contributed by atoms with van der Waals surface area (Å²) >= 11 is 0. The Morgan fingerprint density at radius 3 is 1.07 bits per heavy atom. The van der Waals surface area contributed by atoms with Gasteiger partial charge in [0.05, 0.1) is 13.2 Å². The third-order valence-electron chi connectivity index (χ3n) is 9.80. The van der Waals surface area contributed by atoms with Gasteiger partial charge in [0.2, 0.25) is 0 Å². The smallest absolute Gasteiger partial charge is 0.0594 e. The summed E-state index contributed by atoms with van der Waals surface area (Å²) in [6, 6.07) is 0. The van der Waals surface area contributed by atoms with Gasteiger partial charge in [0.25, 0.3) is 0 Å². The molecule has 4 aliphatic rings. The minimum Gasteiger partial charge on any atom is -0.381 e. The largest absolute Gasteiger partial charge is 0.381 e. The van der Waals surface area contributed by atoms with Crippen molar-refractivity contribution >= 4 is 0 Å². The fraction of sp³-hybridized carbons (Fsp3) is 1.00. The van der Waals surface area contributed by atoms with Crippen LogP contribution in [-0.2, 0) is 9.47 Å². The van der Waals surface area contributed by atoms with E-state index in [2.05, 4.69) is 117 Å². The van der Waals surface area contributed by atoms with E-state index in [-0.39, 0.29) is 0 Å². The number of hydrogen-bond donors (Lipinski definition) is 0. The van der Waals surface area contributed by atoms with Crippen molar-refractivity contribution in [3.63, 3.8) is 0 Å². The Balaban J connectivity index is 0.000000280. The molecule has 4 saturated heterocycles. The number of morpholine rings is 1. The van der Waals surface area contributed by atoms with Gasteiger partial charge in [0.15, 0.2) is 0 Å². The highest BCUT2D eigenvalue weighted by Gasteiger charge is 2.28. The van der Waals surface area contributed by atoms with E-state index in [1.165, 1.54) is 65.0 Å². The number of likely N-dealkylation sites (N-methyl/N-ethyl adjacent to an activating group) is 1. The van der Waals surface area contributed by atoms with Crippen LogP contribution in [0.2, 0.25) is 0 Å². The predicted octanol–water partition coefficient (Wildman–Crippen LogP) is 6.98. The van der Waals surface area contributed by atoms with Gasteiger partial charge in [-0.3, -0.25) is 9.80 Å². The number of likely N-dealkylation sites (tertiary alicyclic amines) is 1. The normalized spacial score (nSPS) is 23.6. The van der Waals surface area contributed by atoms with Gasteiger partial charge in [0, 0.05) is 63.6 Å². The molecule has 0 radical (unpaired) electrons. The first-order chi connectivity index (χ1) is 19.2. The average molecular weight is 597 g/mol. The number of hydrogen-bond acceptors (Lipinski definition) is 6. The van der Waals surface area contributed by atoms with E-state index in [0.717, 1.165) is 51.4 Å². The van der Waals surface area contributed by atoms with Gasteiger partial charge < -0.3 is 19.3 Å². The van der Waals surface area contributed by atoms with Gasteiger partial charge in [-0.2, -0.15) is 0 Å². The summed E-state index contributed by atoms with van der Waals surface area (Å²) in [6.45, 7) is 41.1. The maximum Gasteiger partial charge on any atom is 0.0594 e. The average Bonchev–Trinajstić information content (AvgIpc) is 2.89. The van der Waals surface area contributed by atoms with E-state index >= 15 is 0 Å². The molecule has 4 rings (SSSR count). The van der Waals surface area contributed by atoms with Crippen LogP contribution in [0.1, 0.15) is 109 Å². The van der Waals surface area contributed by atoms with Crippen LogP contribution in [0.4, 0.5) is 0 Å². The first-order valence-electron chi connectivity index (χ1n) is 17.2. The Morgan fingerprint density at radius 1 is 0.405 bits per heavy atom. The summed E-state index contributed by atoms with van der Waals surface area (Å²) in [6.07, 6.45) is 5.28. The van der Waals surface area contributed by atoms with E-state index in [0.29, 0.717) is 21.9 Å². The number of piperazine rings is 1. The summed E-state index contributed by atoms with van der Waals surface area (Å²) in [5.74, 6) is 1.82. The standard InChI is InChI=1S/C10H21N.C9H20N2.C9H18O.C8H17NO/c1-10(2,3)9-5-7-11(4)8-6-9;1-9(2,3)11-7-5-10(4)6-8-11;1-9(2,3)8-4-6-10-7-5-8;1-8(2,3)9-4-6-10-7-5-9/h9H,5-8H2,1-4H3;5-8H2,1-4H3;8H,4-7H2,1-3H3;4-7H2,1-3H3. The van der Waals surface area contributed by atoms with E-state index < -0.39 is 0 Å². The maximum absolute atomic E-state index is 5.29. The summed E-state index contributed by atoms with van der Waals surface area (Å²) in [4.78, 5) is 9.83. The van der Waals surface area contributed by atoms with Gasteiger partial charge >= 0.3 is 0 Å². The number of nitrogens with zero attached hydrogens (tertiary/aromatic N) is 4. The third-order valence-corrected chi connectivity index (χ3v) is 9.80. The first kappa shape index (κ1) is 39.8. The van der Waals surface area contributed by atoms with Crippen molar-refractivity contribution in [2.75, 3.05) is 92.9 Å². The molecule has 4 aliphatic heterocycles. The van der Waals surface area contributed by atoms with Crippen molar-refractivity contribution in [1.82, 2.24) is 19.6 Å². The second-order valence-corrected chi connectivity index (χ2v) is 17.4. The van der Waals surface area contributed by atoms with Crippen molar-refractivity contribution in [2.45, 2.75) is 120 Å². The molecule has 4 fully saturated rings. The van der Waals surface area contributed by atoms with E-state index in [1.807, 2.05) is 0 Å². The van der Waals surface area contributed by atoms with Gasteiger partial charge in [-0.1, -0.05) is 41.5 Å². The Hall–Kier alpha value is -0.240. The molecule has 0 saturated carbocycles. The van der Waals surface area contributed by atoms with Gasteiger partial charge in [-0.15, -0.1) is 0 Å². The van der Waals surface area contributed by atoms with Crippen molar-refractivity contribution in [2.24, 2.45) is 22.7 Å². The topological polar surface area (TPSA) is 31.4 Å². The van der Waals surface area contributed by atoms with E-state index in [1.54, 1.807) is 0 Å². The molecule has 0 aliphatic carbocycles. The minimum absolute atomic E-state index is 0.323. The highest BCUT2D eigenvalue weighted by molar-refractivity contribution is 4.81. The highest BCUT2D eigenvalue weighted by Crippen LogP contribution is 2.34. The van der Waals surface area contributed by atoms with Crippen LogP contribution >= 0.6 is 0 Å². The SMILES string of the molecule is CC(C)(C)C1CCOCC1.CC(C)(C)N1CCOCC1.CN1CCC(C(C)(C)C)CC1.CN1CCN(C(C)(C)C)CC1. The first-order valence-corrected chi connectivity index (χ1v) is 17.2. The van der Waals surface area contributed by atoms with Crippen LogP contribution in [0.5, 0.6) is 0 Å². The van der Waals surface area contributed by atoms with Crippen LogP contribution in [0, 0.1) is 22.7 Å². The zero-order valence-electron chi connectivity index (χ0n) is 31.1. The minimum atomic E-state index is 0.323. The molecule has 0 spiro atoms. The van der Waals surface area contributed by atoms with Gasteiger partial charge in [-0.25, -0.2) is 0 Å². The molecular formula is C36H76N4O2. The maximum atomic E-state index is 5.29. The summed E-state index contributed by atoms with van der Waals surface area (Å²) in [5, 5.41) is 0. The monoisotopic (exact) mass is 597 g/mol. The molecule has 252 valence electrons. The summed E-state index contributed by atoms with van der Waals surface area (Å²) in [5.41, 5.74) is 1.70. The fourth-order valence-electron chi connectivity index (χ4n) is 6.15. The third kappa shape index (κ3) is 16.7. The van der Waals surface area contributed by atoms with Crippen LogP contribution in [-0.4, -0.2) is 124 Å². The highest BCUT2D eigenvalue weighted by atomic mass is 16.5. The second-order valence-electron chi connectivity index (χ2n) is 17.4. The van der Waals surface area contributed by atoms with Crippen molar-refractivity contribution < 1.29 is 9.47 Å². The quantitative estimate of drug-likeness (QED) is 0.300. The summed E-state index contributed by atoms with van der Waals surface area (Å²) in [7, 11) is 4.42. The molecule has 0 aromatic heterocycles. The van der Waals surface area contributed by atoms with E-state index in [9.17, 15) is 0 Å². The molecule has 0 aromatic rings. The number of ether oxygens (including phenoxy) is 2. The van der Waals surface area contributed by atoms with Crippen LogP contribution in [0.25, 0.3) is 0 Å². The molecule has 6 heteroatoms. The zero-order valence-corrected chi connectivity index (χ0v) is 31.1. The number of piperidine rings is 1. The van der Waals surface area contributed by atoms with Crippen LogP contribution < -0.4 is 0 Å². The Morgan fingerprint density at radius 2 is 0.738 bits per heavy atom. The molecule has 0 atom stereocenters. The Labute approximate surface area is 264 Å². The van der Waals surface area contributed by atoms with Gasteiger partial charge in [-0.05, 0) is 117 Å². The molecule has 0 N–H and O–H groups in total. The van der Waals surface area contributed by atoms with Crippen molar-refractivity contribution in [3.05, 3.63) is 0 Å². The van der Waals surface area contributed by atoms with Crippen LogP contribution in [0.3, 0.4) is 0 Å². The Kier molecular flexibility index (Phi) is 17.1. The lowest BCUT2D eigenvalue weighted by molar-refractivity contribution is -0.00389. The van der Waals surface area contributed by atoms with Gasteiger partial charge in [0.1, 0.15) is 0 Å². The molecule has 0 unspecified atom stereocenters. The van der Waals surface area contributed by atoms with Crippen molar-refractivity contribution in [3.8, 4) is 0 Å². The molecule has 0 bridgehead atoms. The second kappa shape index (κ2) is 18.0. The molecule has 6 nitrogen and oxygen atoms in total. The lowest BCUT2D eigenvalue weighted by Gasteiger charge is -2.41. The molecular weight excluding hydrogens is 520 g/mol. The summed E-state index contributed by atoms with van der Waals surface area (Å²) < 4.78 is 10.5. The lowest BCUT2D eigenvalue weighted by Crippen LogP contribution is -2.52. The fourth-order valence-corrected chi connectivity index (χ4v) is 6.15. The molecule has 0 amide bonds. The Bertz CT molecular complexity index is 613. The molecule has 4 heterocycles. The molecule has 0 aromatic carbocycles. The van der Waals surface area contributed by atoms with Crippen LogP contribution in [0.15, 0.2) is 0 Å². The number of rotatable bonds is 0.